The van der Waals surface area contributed by atoms with E-state index in [1.54, 1.807) is 6.08 Å². The average Bonchev–Trinajstić information content (AvgIpc) is 3.25. The van der Waals surface area contributed by atoms with E-state index in [9.17, 15) is 19.4 Å². The molecule has 64 heavy (non-hydrogen) atoms. The number of phosphoric ester groups is 1. The fraction of sp³-hybridized carbons (Fsp3) is 0.873. The minimum Gasteiger partial charge on any atom is -0.387 e. The number of quaternary nitrogens is 1. The molecule has 0 spiro atoms. The van der Waals surface area contributed by atoms with Gasteiger partial charge in [0.1, 0.15) is 13.2 Å². The number of nitrogens with zero attached hydrogens (tertiary/aromatic N) is 1. The molecule has 0 rings (SSSR count). The Hall–Kier alpha value is -1.28. The predicted molar refractivity (Wildman–Crippen MR) is 277 cm³/mol. The highest BCUT2D eigenvalue weighted by Crippen LogP contribution is 2.43. The van der Waals surface area contributed by atoms with Crippen molar-refractivity contribution in [3.63, 3.8) is 0 Å². The zero-order valence-electron chi connectivity index (χ0n) is 43.0. The number of nitrogens with one attached hydrogen (secondary N) is 1. The summed E-state index contributed by atoms with van der Waals surface area (Å²) in [5, 5.41) is 13.9. The Labute approximate surface area is 397 Å². The maximum Gasteiger partial charge on any atom is 0.472 e. The van der Waals surface area contributed by atoms with Crippen molar-refractivity contribution in [2.45, 2.75) is 270 Å². The molecule has 0 saturated carbocycles. The Morgan fingerprint density at radius 3 is 1.33 bits per heavy atom. The summed E-state index contributed by atoms with van der Waals surface area (Å²) in [4.78, 5) is 23.2. The molecule has 3 atom stereocenters. The lowest BCUT2D eigenvalue weighted by atomic mass is 10.0. The lowest BCUT2D eigenvalue weighted by Gasteiger charge is -2.25. The summed E-state index contributed by atoms with van der Waals surface area (Å²) >= 11 is 0. The molecule has 0 aliphatic heterocycles. The van der Waals surface area contributed by atoms with Crippen molar-refractivity contribution >= 4 is 13.7 Å². The smallest absolute Gasteiger partial charge is 0.387 e. The maximum atomic E-state index is 12.9. The summed E-state index contributed by atoms with van der Waals surface area (Å²) in [6.07, 6.45) is 59.6. The number of aliphatic hydroxyl groups excluding tert-OH is 1. The van der Waals surface area contributed by atoms with Gasteiger partial charge in [0.25, 0.3) is 0 Å². The summed E-state index contributed by atoms with van der Waals surface area (Å²) in [7, 11) is 1.57. The molecule has 0 radical (unpaired) electrons. The number of phosphoric acid groups is 1. The Kier molecular flexibility index (Phi) is 45.9. The van der Waals surface area contributed by atoms with E-state index < -0.39 is 20.0 Å². The number of unbranched alkanes of at least 4 members (excludes halogenated alkanes) is 33. The zero-order valence-corrected chi connectivity index (χ0v) is 43.9. The quantitative estimate of drug-likeness (QED) is 0.0243. The van der Waals surface area contributed by atoms with E-state index in [2.05, 4.69) is 43.5 Å². The SMILES string of the molecule is CCCC/C=C\C/C=C\CCCCCCCC(=O)NC(COP(=O)(O)OCC[N+](C)(C)C)C(O)/C=C/CCCCCCCCCCCCCCCCCCCCCCCCCCCC. The van der Waals surface area contributed by atoms with Crippen molar-refractivity contribution in [1.29, 1.82) is 0 Å². The van der Waals surface area contributed by atoms with Crippen molar-refractivity contribution in [3.8, 4) is 0 Å². The van der Waals surface area contributed by atoms with Gasteiger partial charge in [0.15, 0.2) is 0 Å². The first-order valence-electron chi connectivity index (χ1n) is 27.4. The topological polar surface area (TPSA) is 105 Å². The molecule has 0 aliphatic rings. The third-order valence-corrected chi connectivity index (χ3v) is 13.3. The number of likely N-dealkylation sites (N-methyl/N-ethyl adjacent to an activating group) is 1. The van der Waals surface area contributed by atoms with Gasteiger partial charge < -0.3 is 19.8 Å². The van der Waals surface area contributed by atoms with Crippen LogP contribution in [-0.2, 0) is 18.4 Å². The number of rotatable bonds is 50. The van der Waals surface area contributed by atoms with Crippen molar-refractivity contribution in [3.05, 3.63) is 36.5 Å². The number of hydrogen-bond acceptors (Lipinski definition) is 5. The number of allylic oxidation sites excluding steroid dienone is 5. The fourth-order valence-electron chi connectivity index (χ4n) is 8.00. The second kappa shape index (κ2) is 46.8. The van der Waals surface area contributed by atoms with E-state index in [-0.39, 0.29) is 19.1 Å². The van der Waals surface area contributed by atoms with Gasteiger partial charge in [0.2, 0.25) is 5.91 Å². The van der Waals surface area contributed by atoms with Crippen molar-refractivity contribution in [1.82, 2.24) is 5.32 Å². The number of amides is 1. The van der Waals surface area contributed by atoms with E-state index in [1.807, 2.05) is 27.2 Å². The third kappa shape index (κ3) is 48.6. The van der Waals surface area contributed by atoms with Gasteiger partial charge in [-0.25, -0.2) is 4.57 Å². The molecule has 1 amide bonds. The van der Waals surface area contributed by atoms with Gasteiger partial charge in [-0.15, -0.1) is 0 Å². The highest BCUT2D eigenvalue weighted by atomic mass is 31.2. The molecule has 0 aliphatic carbocycles. The van der Waals surface area contributed by atoms with Crippen LogP contribution in [0.25, 0.3) is 0 Å². The van der Waals surface area contributed by atoms with Crippen LogP contribution < -0.4 is 5.32 Å². The summed E-state index contributed by atoms with van der Waals surface area (Å²) in [6, 6.07) is -0.853. The highest BCUT2D eigenvalue weighted by Gasteiger charge is 2.27. The average molecular weight is 924 g/mol. The Morgan fingerprint density at radius 1 is 0.531 bits per heavy atom. The van der Waals surface area contributed by atoms with Crippen LogP contribution in [0.3, 0.4) is 0 Å². The maximum absolute atomic E-state index is 12.9. The van der Waals surface area contributed by atoms with Gasteiger partial charge in [0.05, 0.1) is 39.9 Å². The first kappa shape index (κ1) is 62.7. The van der Waals surface area contributed by atoms with Gasteiger partial charge in [0, 0.05) is 6.42 Å². The lowest BCUT2D eigenvalue weighted by Crippen LogP contribution is -2.45. The summed E-state index contributed by atoms with van der Waals surface area (Å²) in [6.45, 7) is 4.78. The molecular formula is C55H108N2O6P+. The van der Waals surface area contributed by atoms with Crippen molar-refractivity contribution in [2.24, 2.45) is 0 Å². The molecule has 3 unspecified atom stereocenters. The van der Waals surface area contributed by atoms with Gasteiger partial charge in [-0.05, 0) is 44.9 Å². The number of aliphatic hydroxyl groups is 1. The molecular weight excluding hydrogens is 816 g/mol. The van der Waals surface area contributed by atoms with Gasteiger partial charge in [-0.3, -0.25) is 13.8 Å². The van der Waals surface area contributed by atoms with E-state index >= 15 is 0 Å². The van der Waals surface area contributed by atoms with Crippen LogP contribution >= 0.6 is 7.82 Å². The molecule has 0 fully saturated rings. The van der Waals surface area contributed by atoms with Gasteiger partial charge in [-0.2, -0.15) is 0 Å². The largest absolute Gasteiger partial charge is 0.472 e. The molecule has 0 heterocycles. The van der Waals surface area contributed by atoms with Gasteiger partial charge >= 0.3 is 7.82 Å². The van der Waals surface area contributed by atoms with Crippen LogP contribution in [0, 0.1) is 0 Å². The molecule has 0 aromatic carbocycles. The van der Waals surface area contributed by atoms with E-state index in [0.29, 0.717) is 17.4 Å². The summed E-state index contributed by atoms with van der Waals surface area (Å²) < 4.78 is 23.6. The number of carbonyl (C=O) groups is 1. The minimum absolute atomic E-state index is 0.0587. The molecule has 378 valence electrons. The molecule has 0 aromatic heterocycles. The monoisotopic (exact) mass is 924 g/mol. The predicted octanol–water partition coefficient (Wildman–Crippen LogP) is 16.2. The van der Waals surface area contributed by atoms with Crippen LogP contribution in [0.4, 0.5) is 0 Å². The molecule has 0 aromatic rings. The van der Waals surface area contributed by atoms with E-state index in [4.69, 9.17) is 9.05 Å². The summed E-state index contributed by atoms with van der Waals surface area (Å²) in [5.74, 6) is -0.190. The normalized spacial score (nSPS) is 14.3. The molecule has 0 saturated heterocycles. The van der Waals surface area contributed by atoms with Crippen LogP contribution in [0.1, 0.15) is 258 Å². The number of carbonyl (C=O) groups excluding carboxylic acids is 1. The lowest BCUT2D eigenvalue weighted by molar-refractivity contribution is -0.870. The Bertz CT molecular complexity index is 1140. The highest BCUT2D eigenvalue weighted by molar-refractivity contribution is 7.47. The Balaban J connectivity index is 4.16. The Morgan fingerprint density at radius 2 is 0.906 bits per heavy atom. The first-order valence-corrected chi connectivity index (χ1v) is 28.9. The van der Waals surface area contributed by atoms with E-state index in [0.717, 1.165) is 64.2 Å². The van der Waals surface area contributed by atoms with Crippen LogP contribution in [-0.4, -0.2) is 73.4 Å². The van der Waals surface area contributed by atoms with Gasteiger partial charge in [-0.1, -0.05) is 243 Å². The van der Waals surface area contributed by atoms with Crippen LogP contribution in [0.15, 0.2) is 36.5 Å². The second-order valence-electron chi connectivity index (χ2n) is 20.0. The number of hydrogen-bond donors (Lipinski definition) is 3. The third-order valence-electron chi connectivity index (χ3n) is 12.4. The fourth-order valence-corrected chi connectivity index (χ4v) is 8.74. The summed E-state index contributed by atoms with van der Waals surface area (Å²) in [5.41, 5.74) is 0. The molecule has 9 heteroatoms. The van der Waals surface area contributed by atoms with Crippen LogP contribution in [0.2, 0.25) is 0 Å². The van der Waals surface area contributed by atoms with Crippen LogP contribution in [0.5, 0.6) is 0 Å². The molecule has 8 nitrogen and oxygen atoms in total. The van der Waals surface area contributed by atoms with E-state index in [1.165, 1.54) is 173 Å². The first-order chi connectivity index (χ1) is 31.0. The second-order valence-corrected chi connectivity index (χ2v) is 21.4. The van der Waals surface area contributed by atoms with Crippen molar-refractivity contribution < 1.29 is 32.9 Å². The van der Waals surface area contributed by atoms with Crippen molar-refractivity contribution in [2.75, 3.05) is 40.9 Å². The zero-order chi connectivity index (χ0) is 47.1. The molecule has 3 N–H and O–H groups in total. The standard InChI is InChI=1S/C55H107N2O6P/c1-6-8-10-12-14-16-18-20-22-23-24-25-26-27-28-29-30-31-32-33-34-35-36-38-40-42-44-46-48-54(58)53(52-63-64(60,61)62-51-50-57(3,4)5)56-55(59)49-47-45-43-41-39-37-21-19-17-15-13-11-9-7-2/h13,15,19,21,46,48,53-54,58H,6-12,14,16-18,20,22-45,47,49-52H2,1-5H3,(H-,56,59,60,61)/p+1/b15-13-,21-19-,48-46+. The molecule has 0 bridgehead atoms. The minimum atomic E-state index is -4.35.